The van der Waals surface area contributed by atoms with Crippen LogP contribution in [0.3, 0.4) is 0 Å². The fraction of sp³-hybridized carbons (Fsp3) is 0.500. The fourth-order valence-electron chi connectivity index (χ4n) is 2.00. The van der Waals surface area contributed by atoms with Gasteiger partial charge in [0, 0.05) is 13.2 Å². The van der Waals surface area contributed by atoms with Crippen molar-refractivity contribution >= 4 is 5.91 Å². The number of carbonyl (C=O) groups excluding carboxylic acids is 1. The van der Waals surface area contributed by atoms with Gasteiger partial charge in [0.2, 0.25) is 0 Å². The van der Waals surface area contributed by atoms with Gasteiger partial charge >= 0.3 is 6.18 Å². The molecule has 1 heterocycles. The second-order valence-corrected chi connectivity index (χ2v) is 4.75. The Labute approximate surface area is 120 Å². The van der Waals surface area contributed by atoms with E-state index in [4.69, 9.17) is 9.47 Å². The van der Waals surface area contributed by atoms with E-state index in [0.29, 0.717) is 13.2 Å². The van der Waals surface area contributed by atoms with Crippen LogP contribution in [0.15, 0.2) is 24.3 Å². The Morgan fingerprint density at radius 2 is 2.24 bits per heavy atom. The summed E-state index contributed by atoms with van der Waals surface area (Å²) in [4.78, 5) is 11.5. The first-order chi connectivity index (χ1) is 9.95. The summed E-state index contributed by atoms with van der Waals surface area (Å²) in [6.07, 6.45) is -2.54. The SMILES string of the molecule is O=C(COc1cccc(C(F)(F)F)c1)NCC1CCCO1. The predicted octanol–water partition coefficient (Wildman–Crippen LogP) is 2.38. The molecule has 0 aliphatic carbocycles. The van der Waals surface area contributed by atoms with Crippen LogP contribution in [0.5, 0.6) is 5.75 Å². The van der Waals surface area contributed by atoms with Crippen molar-refractivity contribution in [1.29, 1.82) is 0 Å². The molecule has 1 unspecified atom stereocenters. The first-order valence-corrected chi connectivity index (χ1v) is 6.63. The number of nitrogens with one attached hydrogen (secondary N) is 1. The lowest BCUT2D eigenvalue weighted by Gasteiger charge is -2.12. The Bertz CT molecular complexity index is 485. The summed E-state index contributed by atoms with van der Waals surface area (Å²) >= 11 is 0. The topological polar surface area (TPSA) is 47.6 Å². The Morgan fingerprint density at radius 1 is 1.43 bits per heavy atom. The minimum absolute atomic E-state index is 0.0112. The molecular formula is C14H16F3NO3. The van der Waals surface area contributed by atoms with Gasteiger partial charge in [-0.05, 0) is 31.0 Å². The minimum Gasteiger partial charge on any atom is -0.484 e. The van der Waals surface area contributed by atoms with E-state index in [0.717, 1.165) is 25.0 Å². The van der Waals surface area contributed by atoms with Crippen molar-refractivity contribution in [2.45, 2.75) is 25.1 Å². The number of halogens is 3. The van der Waals surface area contributed by atoms with Gasteiger partial charge in [-0.1, -0.05) is 6.07 Å². The fourth-order valence-corrected chi connectivity index (χ4v) is 2.00. The average molecular weight is 303 g/mol. The number of alkyl halides is 3. The highest BCUT2D eigenvalue weighted by molar-refractivity contribution is 5.77. The van der Waals surface area contributed by atoms with E-state index in [-0.39, 0.29) is 24.4 Å². The van der Waals surface area contributed by atoms with Gasteiger partial charge in [-0.25, -0.2) is 0 Å². The van der Waals surface area contributed by atoms with E-state index < -0.39 is 11.7 Å². The highest BCUT2D eigenvalue weighted by Crippen LogP contribution is 2.31. The number of hydrogen-bond donors (Lipinski definition) is 1. The minimum atomic E-state index is -4.43. The van der Waals surface area contributed by atoms with Crippen molar-refractivity contribution in [2.24, 2.45) is 0 Å². The summed E-state index contributed by atoms with van der Waals surface area (Å²) in [5, 5.41) is 2.63. The molecule has 0 saturated carbocycles. The van der Waals surface area contributed by atoms with E-state index >= 15 is 0 Å². The molecule has 0 radical (unpaired) electrons. The molecule has 1 N–H and O–H groups in total. The lowest BCUT2D eigenvalue weighted by atomic mass is 10.2. The summed E-state index contributed by atoms with van der Waals surface area (Å²) in [6, 6.07) is 4.43. The van der Waals surface area contributed by atoms with Crippen LogP contribution in [0.2, 0.25) is 0 Å². The van der Waals surface area contributed by atoms with Crippen LogP contribution in [-0.2, 0) is 15.7 Å². The van der Waals surface area contributed by atoms with Crippen molar-refractivity contribution in [2.75, 3.05) is 19.8 Å². The lowest BCUT2D eigenvalue weighted by Crippen LogP contribution is -2.35. The Hall–Kier alpha value is -1.76. The number of rotatable bonds is 5. The largest absolute Gasteiger partial charge is 0.484 e. The maximum atomic E-state index is 12.5. The monoisotopic (exact) mass is 303 g/mol. The predicted molar refractivity (Wildman–Crippen MR) is 68.9 cm³/mol. The van der Waals surface area contributed by atoms with Crippen molar-refractivity contribution < 1.29 is 27.4 Å². The normalized spacial score (nSPS) is 18.5. The molecule has 1 aliphatic rings. The molecule has 2 rings (SSSR count). The van der Waals surface area contributed by atoms with Gasteiger partial charge < -0.3 is 14.8 Å². The molecule has 1 atom stereocenters. The Kier molecular flexibility index (Phi) is 5.06. The third kappa shape index (κ3) is 4.93. The van der Waals surface area contributed by atoms with Crippen LogP contribution in [-0.4, -0.2) is 31.8 Å². The second kappa shape index (κ2) is 6.80. The summed E-state index contributed by atoms with van der Waals surface area (Å²) in [7, 11) is 0. The third-order valence-electron chi connectivity index (χ3n) is 3.08. The van der Waals surface area contributed by atoms with Gasteiger partial charge in [-0.2, -0.15) is 13.2 Å². The molecule has 1 fully saturated rings. The van der Waals surface area contributed by atoms with E-state index in [1.54, 1.807) is 0 Å². The van der Waals surface area contributed by atoms with Gasteiger partial charge in [-0.3, -0.25) is 4.79 Å². The quantitative estimate of drug-likeness (QED) is 0.908. The van der Waals surface area contributed by atoms with Crippen molar-refractivity contribution in [1.82, 2.24) is 5.32 Å². The van der Waals surface area contributed by atoms with Crippen LogP contribution >= 0.6 is 0 Å². The summed E-state index contributed by atoms with van der Waals surface area (Å²) in [5.41, 5.74) is -0.806. The maximum absolute atomic E-state index is 12.5. The summed E-state index contributed by atoms with van der Waals surface area (Å²) < 4.78 is 47.9. The van der Waals surface area contributed by atoms with Crippen LogP contribution in [0.25, 0.3) is 0 Å². The van der Waals surface area contributed by atoms with Gasteiger partial charge in [0.05, 0.1) is 11.7 Å². The van der Waals surface area contributed by atoms with Gasteiger partial charge in [-0.15, -0.1) is 0 Å². The van der Waals surface area contributed by atoms with E-state index in [1.165, 1.54) is 12.1 Å². The Morgan fingerprint density at radius 3 is 2.90 bits per heavy atom. The molecule has 21 heavy (non-hydrogen) atoms. The number of carbonyl (C=O) groups is 1. The molecule has 0 aromatic heterocycles. The third-order valence-corrected chi connectivity index (χ3v) is 3.08. The smallest absolute Gasteiger partial charge is 0.416 e. The summed E-state index contributed by atoms with van der Waals surface area (Å²) in [6.45, 7) is 0.764. The van der Waals surface area contributed by atoms with E-state index in [2.05, 4.69) is 5.32 Å². The zero-order valence-electron chi connectivity index (χ0n) is 11.3. The number of hydrogen-bond acceptors (Lipinski definition) is 3. The molecule has 4 nitrogen and oxygen atoms in total. The van der Waals surface area contributed by atoms with E-state index in [1.807, 2.05) is 0 Å². The number of amides is 1. The zero-order chi connectivity index (χ0) is 15.3. The van der Waals surface area contributed by atoms with Gasteiger partial charge in [0.25, 0.3) is 5.91 Å². The molecule has 116 valence electrons. The van der Waals surface area contributed by atoms with Crippen LogP contribution in [0.1, 0.15) is 18.4 Å². The molecule has 1 saturated heterocycles. The molecular weight excluding hydrogens is 287 g/mol. The average Bonchev–Trinajstić information content (AvgIpc) is 2.95. The van der Waals surface area contributed by atoms with Crippen LogP contribution in [0.4, 0.5) is 13.2 Å². The molecule has 0 bridgehead atoms. The van der Waals surface area contributed by atoms with Crippen molar-refractivity contribution in [3.63, 3.8) is 0 Å². The first-order valence-electron chi connectivity index (χ1n) is 6.63. The van der Waals surface area contributed by atoms with Crippen LogP contribution in [0, 0.1) is 0 Å². The lowest BCUT2D eigenvalue weighted by molar-refractivity contribution is -0.137. The second-order valence-electron chi connectivity index (χ2n) is 4.75. The van der Waals surface area contributed by atoms with Crippen molar-refractivity contribution in [3.8, 4) is 5.75 Å². The number of ether oxygens (including phenoxy) is 2. The molecule has 1 aromatic carbocycles. The van der Waals surface area contributed by atoms with Gasteiger partial charge in [0.15, 0.2) is 6.61 Å². The zero-order valence-corrected chi connectivity index (χ0v) is 11.3. The Balaban J connectivity index is 1.78. The highest BCUT2D eigenvalue weighted by atomic mass is 19.4. The van der Waals surface area contributed by atoms with Crippen LogP contribution < -0.4 is 10.1 Å². The standard InChI is InChI=1S/C14H16F3NO3/c15-14(16,17)10-3-1-4-11(7-10)21-9-13(19)18-8-12-5-2-6-20-12/h1,3-4,7,12H,2,5-6,8-9H2,(H,18,19). The van der Waals surface area contributed by atoms with Crippen molar-refractivity contribution in [3.05, 3.63) is 29.8 Å². The molecule has 1 amide bonds. The highest BCUT2D eigenvalue weighted by Gasteiger charge is 2.30. The molecule has 0 spiro atoms. The maximum Gasteiger partial charge on any atom is 0.416 e. The molecule has 7 heteroatoms. The molecule has 1 aliphatic heterocycles. The van der Waals surface area contributed by atoms with Gasteiger partial charge in [0.1, 0.15) is 5.75 Å². The van der Waals surface area contributed by atoms with E-state index in [9.17, 15) is 18.0 Å². The summed E-state index contributed by atoms with van der Waals surface area (Å²) in [5.74, 6) is -0.375. The molecule has 1 aromatic rings. The number of benzene rings is 1. The first kappa shape index (κ1) is 15.6.